The number of esters is 1. The molecule has 2 aromatic carbocycles. The topological polar surface area (TPSA) is 90.9 Å². The average Bonchev–Trinajstić information content (AvgIpc) is 3.12. The quantitative estimate of drug-likeness (QED) is 0.467. The molecule has 7 nitrogen and oxygen atoms in total. The summed E-state index contributed by atoms with van der Waals surface area (Å²) in [4.78, 5) is 35.6. The van der Waals surface area contributed by atoms with E-state index >= 15 is 0 Å². The first-order valence-corrected chi connectivity index (χ1v) is 8.28. The van der Waals surface area contributed by atoms with Gasteiger partial charge >= 0.3 is 5.97 Å². The molecule has 0 saturated carbocycles. The van der Waals surface area contributed by atoms with Gasteiger partial charge in [0.05, 0.1) is 5.69 Å². The van der Waals surface area contributed by atoms with E-state index < -0.39 is 24.3 Å². The van der Waals surface area contributed by atoms with Crippen molar-refractivity contribution in [3.05, 3.63) is 59.4 Å². The van der Waals surface area contributed by atoms with Gasteiger partial charge in [-0.3, -0.25) is 9.59 Å². The van der Waals surface area contributed by atoms with Crippen LogP contribution in [0.2, 0.25) is 0 Å². The minimum atomic E-state index is -0.809. The first-order chi connectivity index (χ1) is 13.4. The summed E-state index contributed by atoms with van der Waals surface area (Å²) in [6.07, 6.45) is 2.27. The number of nitrogens with one attached hydrogen (secondary N) is 1. The van der Waals surface area contributed by atoms with Crippen LogP contribution in [0.15, 0.2) is 42.5 Å². The van der Waals surface area contributed by atoms with Gasteiger partial charge in [0.25, 0.3) is 5.91 Å². The molecule has 1 aliphatic heterocycles. The third-order valence-electron chi connectivity index (χ3n) is 3.82. The van der Waals surface area contributed by atoms with Crippen LogP contribution >= 0.6 is 0 Å². The van der Waals surface area contributed by atoms with Gasteiger partial charge in [-0.1, -0.05) is 18.2 Å². The van der Waals surface area contributed by atoms with E-state index in [-0.39, 0.29) is 29.4 Å². The second-order valence-electron chi connectivity index (χ2n) is 5.82. The van der Waals surface area contributed by atoms with Gasteiger partial charge in [-0.15, -0.1) is 0 Å². The molecule has 1 amide bonds. The fourth-order valence-electron chi connectivity index (χ4n) is 2.48. The molecular weight excluding hydrogens is 369 g/mol. The van der Waals surface area contributed by atoms with Crippen LogP contribution in [0.1, 0.15) is 22.8 Å². The number of carbonyl (C=O) groups excluding carboxylic acids is 3. The first kappa shape index (κ1) is 19.1. The Morgan fingerprint density at radius 2 is 1.89 bits per heavy atom. The van der Waals surface area contributed by atoms with E-state index in [9.17, 15) is 18.8 Å². The van der Waals surface area contributed by atoms with Gasteiger partial charge in [0, 0.05) is 23.3 Å². The summed E-state index contributed by atoms with van der Waals surface area (Å²) in [5.41, 5.74) is 0.679. The van der Waals surface area contributed by atoms with E-state index in [0.717, 1.165) is 6.08 Å². The van der Waals surface area contributed by atoms with Crippen molar-refractivity contribution in [1.82, 2.24) is 0 Å². The molecule has 0 unspecified atom stereocenters. The number of benzene rings is 2. The van der Waals surface area contributed by atoms with Gasteiger partial charge in [-0.25, -0.2) is 9.18 Å². The van der Waals surface area contributed by atoms with Gasteiger partial charge in [-0.05, 0) is 25.1 Å². The smallest absolute Gasteiger partial charge is 0.331 e. The zero-order valence-corrected chi connectivity index (χ0v) is 14.9. The maximum atomic E-state index is 13.5. The fraction of sp³-hybridized carbons (Fsp3) is 0.150. The molecule has 0 saturated heterocycles. The van der Waals surface area contributed by atoms with E-state index in [1.165, 1.54) is 43.3 Å². The zero-order chi connectivity index (χ0) is 20.1. The Morgan fingerprint density at radius 1 is 1.18 bits per heavy atom. The normalized spacial score (nSPS) is 12.1. The van der Waals surface area contributed by atoms with Gasteiger partial charge in [-0.2, -0.15) is 0 Å². The van der Waals surface area contributed by atoms with Crippen molar-refractivity contribution >= 4 is 29.4 Å². The summed E-state index contributed by atoms with van der Waals surface area (Å²) in [5, 5.41) is 2.50. The number of halogens is 1. The Morgan fingerprint density at radius 3 is 2.61 bits per heavy atom. The van der Waals surface area contributed by atoms with Crippen LogP contribution in [-0.2, 0) is 14.3 Å². The molecule has 8 heteroatoms. The highest BCUT2D eigenvalue weighted by atomic mass is 19.1. The molecule has 1 aliphatic rings. The predicted molar refractivity (Wildman–Crippen MR) is 97.6 cm³/mol. The van der Waals surface area contributed by atoms with E-state index in [1.54, 1.807) is 6.07 Å². The third-order valence-corrected chi connectivity index (χ3v) is 3.82. The molecule has 0 bridgehead atoms. The van der Waals surface area contributed by atoms with Gasteiger partial charge in [0.2, 0.25) is 6.79 Å². The van der Waals surface area contributed by atoms with Crippen molar-refractivity contribution in [2.24, 2.45) is 0 Å². The highest BCUT2D eigenvalue weighted by Crippen LogP contribution is 2.37. The highest BCUT2D eigenvalue weighted by molar-refractivity contribution is 6.05. The van der Waals surface area contributed by atoms with Gasteiger partial charge in [0.1, 0.15) is 5.82 Å². The number of amides is 1. The molecule has 2 aromatic rings. The Labute approximate surface area is 159 Å². The van der Waals surface area contributed by atoms with Crippen molar-refractivity contribution in [2.75, 3.05) is 18.7 Å². The molecule has 0 spiro atoms. The number of ketones is 1. The summed E-state index contributed by atoms with van der Waals surface area (Å²) >= 11 is 0. The minimum absolute atomic E-state index is 0.0238. The second kappa shape index (κ2) is 8.34. The Kier molecular flexibility index (Phi) is 5.69. The van der Waals surface area contributed by atoms with Gasteiger partial charge < -0.3 is 19.5 Å². The fourth-order valence-corrected chi connectivity index (χ4v) is 2.48. The molecule has 28 heavy (non-hydrogen) atoms. The van der Waals surface area contributed by atoms with Crippen LogP contribution < -0.4 is 14.8 Å². The molecule has 0 aromatic heterocycles. The predicted octanol–water partition coefficient (Wildman–Crippen LogP) is 2.95. The molecule has 144 valence electrons. The second-order valence-corrected chi connectivity index (χ2v) is 5.82. The lowest BCUT2D eigenvalue weighted by Crippen LogP contribution is -2.21. The van der Waals surface area contributed by atoms with E-state index in [2.05, 4.69) is 5.32 Å². The molecule has 0 radical (unpaired) electrons. The number of ether oxygens (including phenoxy) is 3. The third kappa shape index (κ3) is 4.53. The van der Waals surface area contributed by atoms with Crippen LogP contribution in [0.3, 0.4) is 0 Å². The Hall–Kier alpha value is -3.68. The largest absolute Gasteiger partial charge is 0.454 e. The van der Waals surface area contributed by atoms with Crippen molar-refractivity contribution in [1.29, 1.82) is 0 Å². The standard InChI is InChI=1S/C20H16FNO6/c1-12(23)14-8-17-18(28-11-27-17)9-16(14)22-19(24)10-26-20(25)7-6-13-4-2-3-5-15(13)21/h2-9H,10-11H2,1H3,(H,22,24)/b7-6+. The zero-order valence-electron chi connectivity index (χ0n) is 14.9. The Bertz CT molecular complexity index is 969. The average molecular weight is 385 g/mol. The first-order valence-electron chi connectivity index (χ1n) is 8.28. The molecule has 0 aliphatic carbocycles. The number of fused-ring (bicyclic) bond motifs is 1. The maximum Gasteiger partial charge on any atom is 0.331 e. The lowest BCUT2D eigenvalue weighted by atomic mass is 10.1. The summed E-state index contributed by atoms with van der Waals surface area (Å²) in [5.74, 6) is -1.41. The summed E-state index contributed by atoms with van der Waals surface area (Å²) in [6.45, 7) is 0.795. The van der Waals surface area contributed by atoms with E-state index in [0.29, 0.717) is 11.5 Å². The number of carbonyl (C=O) groups is 3. The van der Waals surface area contributed by atoms with Crippen molar-refractivity contribution in [2.45, 2.75) is 6.92 Å². The lowest BCUT2D eigenvalue weighted by molar-refractivity contribution is -0.142. The van der Waals surface area contributed by atoms with Crippen LogP contribution in [0, 0.1) is 5.82 Å². The van der Waals surface area contributed by atoms with E-state index in [1.807, 2.05) is 0 Å². The monoisotopic (exact) mass is 385 g/mol. The van der Waals surface area contributed by atoms with Crippen molar-refractivity contribution < 1.29 is 33.0 Å². The Balaban J connectivity index is 1.59. The molecule has 1 N–H and O–H groups in total. The number of hydrogen-bond donors (Lipinski definition) is 1. The molecule has 0 atom stereocenters. The SMILES string of the molecule is CC(=O)c1cc2c(cc1NC(=O)COC(=O)/C=C/c1ccccc1F)OCO2. The van der Waals surface area contributed by atoms with Crippen molar-refractivity contribution in [3.8, 4) is 11.5 Å². The summed E-state index contributed by atoms with van der Waals surface area (Å²) < 4.78 is 28.7. The van der Waals surface area contributed by atoms with Crippen LogP contribution in [-0.4, -0.2) is 31.1 Å². The number of hydrogen-bond acceptors (Lipinski definition) is 6. The molecule has 1 heterocycles. The molecule has 3 rings (SSSR count). The van der Waals surface area contributed by atoms with Crippen molar-refractivity contribution in [3.63, 3.8) is 0 Å². The van der Waals surface area contributed by atoms with Gasteiger partial charge in [0.15, 0.2) is 23.9 Å². The van der Waals surface area contributed by atoms with Crippen LogP contribution in [0.4, 0.5) is 10.1 Å². The van der Waals surface area contributed by atoms with E-state index in [4.69, 9.17) is 14.2 Å². The summed E-state index contributed by atoms with van der Waals surface area (Å²) in [6, 6.07) is 8.85. The van der Waals surface area contributed by atoms with Crippen LogP contribution in [0.5, 0.6) is 11.5 Å². The minimum Gasteiger partial charge on any atom is -0.454 e. The molecular formula is C20H16FNO6. The summed E-state index contributed by atoms with van der Waals surface area (Å²) in [7, 11) is 0. The van der Waals surface area contributed by atoms with Crippen LogP contribution in [0.25, 0.3) is 6.08 Å². The molecule has 0 fully saturated rings. The highest BCUT2D eigenvalue weighted by Gasteiger charge is 2.20. The lowest BCUT2D eigenvalue weighted by Gasteiger charge is -2.10. The number of rotatable bonds is 6. The number of Topliss-reactive ketones (excluding diaryl/α,β-unsaturated/α-hetero) is 1. The number of anilines is 1. The maximum absolute atomic E-state index is 13.5.